The molecule has 0 aliphatic heterocycles. The van der Waals surface area contributed by atoms with E-state index < -0.39 is 10.0 Å². The normalized spacial score (nSPS) is 11.3. The van der Waals surface area contributed by atoms with Gasteiger partial charge in [-0.25, -0.2) is 13.1 Å². The van der Waals surface area contributed by atoms with Crippen LogP contribution in [0.3, 0.4) is 0 Å². The summed E-state index contributed by atoms with van der Waals surface area (Å²) in [7, 11) is -0.541. The van der Waals surface area contributed by atoms with E-state index >= 15 is 0 Å². The average Bonchev–Trinajstić information content (AvgIpc) is 2.63. The molecule has 0 spiro atoms. The van der Waals surface area contributed by atoms with Crippen molar-refractivity contribution in [3.63, 3.8) is 0 Å². The van der Waals surface area contributed by atoms with Gasteiger partial charge in [0.25, 0.3) is 5.91 Å². The van der Waals surface area contributed by atoms with Crippen LogP contribution >= 0.6 is 11.6 Å². The third-order valence-corrected chi connectivity index (χ3v) is 5.38. The molecule has 0 aliphatic rings. The Morgan fingerprint density at radius 1 is 1.19 bits per heavy atom. The summed E-state index contributed by atoms with van der Waals surface area (Å²) in [5.41, 5.74) is 1.23. The molecule has 0 saturated heterocycles. The van der Waals surface area contributed by atoms with Crippen LogP contribution in [0.2, 0.25) is 5.02 Å². The predicted molar refractivity (Wildman–Crippen MR) is 101 cm³/mol. The summed E-state index contributed by atoms with van der Waals surface area (Å²) in [6.07, 6.45) is 0. The first kappa shape index (κ1) is 20.4. The molecule has 2 aromatic rings. The average molecular weight is 397 g/mol. The zero-order valence-electron chi connectivity index (χ0n) is 14.6. The Bertz CT molecular complexity index is 854. The van der Waals surface area contributed by atoms with Gasteiger partial charge in [-0.3, -0.25) is 4.79 Å². The van der Waals surface area contributed by atoms with Gasteiger partial charge in [0, 0.05) is 37.8 Å². The highest BCUT2D eigenvalue weighted by atomic mass is 35.5. The number of carbonyl (C=O) groups is 1. The maximum atomic E-state index is 12.6. The molecule has 2 rings (SSSR count). The maximum Gasteiger partial charge on any atom is 0.253 e. The van der Waals surface area contributed by atoms with E-state index in [1.54, 1.807) is 31.3 Å². The van der Waals surface area contributed by atoms with Crippen LogP contribution in [0.15, 0.2) is 53.4 Å². The molecule has 140 valence electrons. The zero-order valence-corrected chi connectivity index (χ0v) is 16.2. The number of ether oxygens (including phenoxy) is 1. The zero-order chi connectivity index (χ0) is 19.2. The molecule has 0 atom stereocenters. The van der Waals surface area contributed by atoms with Crippen molar-refractivity contribution in [1.82, 2.24) is 9.62 Å². The van der Waals surface area contributed by atoms with E-state index in [-0.39, 0.29) is 24.0 Å². The molecule has 1 amide bonds. The van der Waals surface area contributed by atoms with Crippen LogP contribution in [0.5, 0.6) is 0 Å². The van der Waals surface area contributed by atoms with Crippen LogP contribution in [-0.2, 0) is 21.3 Å². The highest BCUT2D eigenvalue weighted by Crippen LogP contribution is 2.15. The molecule has 0 fully saturated rings. The third kappa shape index (κ3) is 5.54. The summed E-state index contributed by atoms with van der Waals surface area (Å²) in [6.45, 7) is 0.814. The Kier molecular flexibility index (Phi) is 7.16. The summed E-state index contributed by atoms with van der Waals surface area (Å²) in [6, 6.07) is 13.2. The van der Waals surface area contributed by atoms with E-state index in [1.165, 1.54) is 24.1 Å². The second-order valence-corrected chi connectivity index (χ2v) is 7.91. The number of halogens is 1. The fourth-order valence-corrected chi connectivity index (χ4v) is 3.50. The molecule has 8 heteroatoms. The highest BCUT2D eigenvalue weighted by molar-refractivity contribution is 7.89. The molecule has 0 aliphatic carbocycles. The van der Waals surface area contributed by atoms with Crippen molar-refractivity contribution in [3.05, 3.63) is 64.7 Å². The second-order valence-electron chi connectivity index (χ2n) is 5.71. The van der Waals surface area contributed by atoms with Crippen molar-refractivity contribution >= 4 is 27.5 Å². The summed E-state index contributed by atoms with van der Waals surface area (Å²) in [5.74, 6) is -0.270. The van der Waals surface area contributed by atoms with E-state index in [0.29, 0.717) is 17.1 Å². The van der Waals surface area contributed by atoms with Crippen LogP contribution in [-0.4, -0.2) is 46.5 Å². The number of carbonyl (C=O) groups excluding carboxylic acids is 1. The largest absolute Gasteiger partial charge is 0.383 e. The lowest BCUT2D eigenvalue weighted by atomic mass is 10.1. The molecule has 0 radical (unpaired) electrons. The van der Waals surface area contributed by atoms with Gasteiger partial charge in [0.15, 0.2) is 0 Å². The molecule has 0 saturated carbocycles. The molecule has 0 heterocycles. The van der Waals surface area contributed by atoms with E-state index in [1.807, 2.05) is 12.1 Å². The Balaban J connectivity index is 2.12. The minimum atomic E-state index is -3.69. The van der Waals surface area contributed by atoms with Gasteiger partial charge in [0.05, 0.1) is 11.5 Å². The molecule has 2 aromatic carbocycles. The fraction of sp³-hybridized carbons (Fsp3) is 0.278. The monoisotopic (exact) mass is 396 g/mol. The lowest BCUT2D eigenvalue weighted by Crippen LogP contribution is -2.28. The van der Waals surface area contributed by atoms with Crippen LogP contribution in [0, 0.1) is 0 Å². The van der Waals surface area contributed by atoms with Crippen LogP contribution in [0.1, 0.15) is 15.9 Å². The quantitative estimate of drug-likeness (QED) is 0.696. The lowest BCUT2D eigenvalue weighted by Gasteiger charge is -2.18. The molecular weight excluding hydrogens is 376 g/mol. The standard InChI is InChI=1S/C18H21ClN2O4S/c1-21(13-14-6-8-16(19)9-7-14)18(22)15-4-3-5-17(12-15)26(23,24)20-10-11-25-2/h3-9,12,20H,10-11,13H2,1-2H3. The molecular formula is C18H21ClN2O4S. The first-order chi connectivity index (χ1) is 12.3. The van der Waals surface area contributed by atoms with E-state index in [4.69, 9.17) is 16.3 Å². The first-order valence-electron chi connectivity index (χ1n) is 7.92. The number of nitrogens with one attached hydrogen (secondary N) is 1. The third-order valence-electron chi connectivity index (χ3n) is 3.67. The first-order valence-corrected chi connectivity index (χ1v) is 9.78. The summed E-state index contributed by atoms with van der Waals surface area (Å²) in [4.78, 5) is 14.2. The topological polar surface area (TPSA) is 75.7 Å². The number of hydrogen-bond donors (Lipinski definition) is 1. The minimum absolute atomic E-state index is 0.0411. The van der Waals surface area contributed by atoms with Crippen molar-refractivity contribution in [1.29, 1.82) is 0 Å². The van der Waals surface area contributed by atoms with Crippen LogP contribution < -0.4 is 4.72 Å². The Morgan fingerprint density at radius 3 is 2.54 bits per heavy atom. The van der Waals surface area contributed by atoms with Crippen LogP contribution in [0.4, 0.5) is 0 Å². The number of sulfonamides is 1. The molecule has 0 bridgehead atoms. The summed E-state index contributed by atoms with van der Waals surface area (Å²) >= 11 is 5.86. The van der Waals surface area contributed by atoms with E-state index in [0.717, 1.165) is 5.56 Å². The maximum absolute atomic E-state index is 12.6. The smallest absolute Gasteiger partial charge is 0.253 e. The summed E-state index contributed by atoms with van der Waals surface area (Å²) in [5, 5.41) is 0.626. The Hall–Kier alpha value is -1.93. The van der Waals surface area contributed by atoms with E-state index in [9.17, 15) is 13.2 Å². The molecule has 0 aromatic heterocycles. The van der Waals surface area contributed by atoms with Gasteiger partial charge in [-0.1, -0.05) is 29.8 Å². The number of amides is 1. The number of nitrogens with zero attached hydrogens (tertiary/aromatic N) is 1. The number of rotatable bonds is 8. The minimum Gasteiger partial charge on any atom is -0.383 e. The molecule has 0 unspecified atom stereocenters. The van der Waals surface area contributed by atoms with Crippen LogP contribution in [0.25, 0.3) is 0 Å². The SMILES string of the molecule is COCCNS(=O)(=O)c1cccc(C(=O)N(C)Cc2ccc(Cl)cc2)c1. The van der Waals surface area contributed by atoms with Crippen molar-refractivity contribution in [2.75, 3.05) is 27.3 Å². The van der Waals surface area contributed by atoms with Gasteiger partial charge in [0.2, 0.25) is 10.0 Å². The van der Waals surface area contributed by atoms with Gasteiger partial charge in [-0.15, -0.1) is 0 Å². The van der Waals surface area contributed by atoms with Crippen molar-refractivity contribution in [3.8, 4) is 0 Å². The fourth-order valence-electron chi connectivity index (χ4n) is 2.31. The predicted octanol–water partition coefficient (Wildman–Crippen LogP) is 2.54. The van der Waals surface area contributed by atoms with Crippen molar-refractivity contribution in [2.45, 2.75) is 11.4 Å². The highest BCUT2D eigenvalue weighted by Gasteiger charge is 2.18. The summed E-state index contributed by atoms with van der Waals surface area (Å²) < 4.78 is 31.8. The van der Waals surface area contributed by atoms with Gasteiger partial charge in [-0.05, 0) is 35.9 Å². The number of benzene rings is 2. The van der Waals surface area contributed by atoms with Crippen molar-refractivity contribution < 1.29 is 17.9 Å². The van der Waals surface area contributed by atoms with Gasteiger partial charge >= 0.3 is 0 Å². The second kappa shape index (κ2) is 9.14. The van der Waals surface area contributed by atoms with Gasteiger partial charge in [0.1, 0.15) is 0 Å². The Labute approximate surface area is 158 Å². The van der Waals surface area contributed by atoms with Gasteiger partial charge < -0.3 is 9.64 Å². The van der Waals surface area contributed by atoms with Gasteiger partial charge in [-0.2, -0.15) is 0 Å². The molecule has 6 nitrogen and oxygen atoms in total. The van der Waals surface area contributed by atoms with Crippen molar-refractivity contribution in [2.24, 2.45) is 0 Å². The number of hydrogen-bond acceptors (Lipinski definition) is 4. The van der Waals surface area contributed by atoms with E-state index in [2.05, 4.69) is 4.72 Å². The molecule has 26 heavy (non-hydrogen) atoms. The number of methoxy groups -OCH3 is 1. The lowest BCUT2D eigenvalue weighted by molar-refractivity contribution is 0.0785. The Morgan fingerprint density at radius 2 is 1.88 bits per heavy atom. The molecule has 1 N–H and O–H groups in total.